The second kappa shape index (κ2) is 7.20. The van der Waals surface area contributed by atoms with Crippen molar-refractivity contribution in [2.45, 2.75) is 44.9 Å². The van der Waals surface area contributed by atoms with E-state index < -0.39 is 0 Å². The molecule has 2 aromatic rings. The fraction of sp³-hybridized carbons (Fsp3) is 0.389. The molecule has 0 N–H and O–H groups in total. The first-order valence-corrected chi connectivity index (χ1v) is 7.17. The molecule has 0 amide bonds. The molecule has 0 aromatic heterocycles. The molecule has 0 aliphatic heterocycles. The first-order chi connectivity index (χ1) is 8.90. The van der Waals surface area contributed by atoms with Crippen LogP contribution in [-0.2, 0) is 6.42 Å². The van der Waals surface area contributed by atoms with Gasteiger partial charge in [-0.1, -0.05) is 81.5 Å². The van der Waals surface area contributed by atoms with Gasteiger partial charge in [-0.25, -0.2) is 0 Å². The quantitative estimate of drug-likeness (QED) is 0.555. The molecule has 0 saturated heterocycles. The van der Waals surface area contributed by atoms with Crippen molar-refractivity contribution in [3.63, 3.8) is 0 Å². The molecule has 0 fully saturated rings. The molecule has 0 aliphatic rings. The summed E-state index contributed by atoms with van der Waals surface area (Å²) in [6.45, 7) is 3.88. The van der Waals surface area contributed by atoms with Gasteiger partial charge in [-0.05, 0) is 29.2 Å². The van der Waals surface area contributed by atoms with Gasteiger partial charge in [0.1, 0.15) is 0 Å². The van der Waals surface area contributed by atoms with Crippen molar-refractivity contribution >= 4 is 10.8 Å². The third kappa shape index (κ3) is 3.87. The third-order valence-electron chi connectivity index (χ3n) is 3.53. The van der Waals surface area contributed by atoms with Crippen molar-refractivity contribution in [1.29, 1.82) is 0 Å². The van der Waals surface area contributed by atoms with Gasteiger partial charge < -0.3 is 0 Å². The molecule has 0 unspecified atom stereocenters. The van der Waals surface area contributed by atoms with Gasteiger partial charge in [0.2, 0.25) is 0 Å². The van der Waals surface area contributed by atoms with Gasteiger partial charge in [-0.15, -0.1) is 0 Å². The standard InChI is InChI=1S/C18H23/c1-2-3-4-5-6-7-10-16-13-14-17-11-8-9-12-18(17)15-16/h8-9,11-15H,1-7,10H2. The summed E-state index contributed by atoms with van der Waals surface area (Å²) in [6, 6.07) is 15.5. The maximum atomic E-state index is 3.88. The van der Waals surface area contributed by atoms with Gasteiger partial charge in [-0.3, -0.25) is 0 Å². The smallest absolute Gasteiger partial charge is 0.0181 e. The highest BCUT2D eigenvalue weighted by atomic mass is 14.0. The molecule has 0 heterocycles. The van der Waals surface area contributed by atoms with Crippen molar-refractivity contribution in [3.05, 3.63) is 55.0 Å². The maximum absolute atomic E-state index is 3.88. The predicted molar refractivity (Wildman–Crippen MR) is 80.7 cm³/mol. The van der Waals surface area contributed by atoms with E-state index in [1.54, 1.807) is 0 Å². The number of fused-ring (bicyclic) bond motifs is 1. The SMILES string of the molecule is [CH2]CCCCCCCc1ccc2ccccc2c1. The molecule has 0 saturated carbocycles. The Labute approximate surface area is 111 Å². The first kappa shape index (κ1) is 13.1. The van der Waals surface area contributed by atoms with Gasteiger partial charge in [0.15, 0.2) is 0 Å². The highest BCUT2D eigenvalue weighted by Gasteiger charge is 1.96. The molecule has 95 valence electrons. The van der Waals surface area contributed by atoms with Crippen LogP contribution in [-0.4, -0.2) is 0 Å². The molecule has 0 atom stereocenters. The summed E-state index contributed by atoms with van der Waals surface area (Å²) in [5, 5.41) is 2.71. The average Bonchev–Trinajstić information content (AvgIpc) is 2.42. The minimum atomic E-state index is 1.09. The molecule has 1 radical (unpaired) electrons. The van der Waals surface area contributed by atoms with E-state index in [0.717, 1.165) is 6.42 Å². The van der Waals surface area contributed by atoms with Crippen LogP contribution in [0.25, 0.3) is 10.8 Å². The zero-order valence-electron chi connectivity index (χ0n) is 11.2. The number of unbranched alkanes of at least 4 members (excludes halogenated alkanes) is 5. The van der Waals surface area contributed by atoms with Crippen molar-refractivity contribution in [1.82, 2.24) is 0 Å². The first-order valence-electron chi connectivity index (χ1n) is 7.17. The van der Waals surface area contributed by atoms with Crippen LogP contribution in [0.1, 0.15) is 44.1 Å². The highest BCUT2D eigenvalue weighted by molar-refractivity contribution is 5.82. The molecule has 0 spiro atoms. The van der Waals surface area contributed by atoms with E-state index in [2.05, 4.69) is 49.4 Å². The molecule has 2 aromatic carbocycles. The topological polar surface area (TPSA) is 0 Å². The maximum Gasteiger partial charge on any atom is -0.0181 e. The number of hydrogen-bond acceptors (Lipinski definition) is 0. The lowest BCUT2D eigenvalue weighted by Gasteiger charge is -2.04. The summed E-state index contributed by atoms with van der Waals surface area (Å²) < 4.78 is 0. The van der Waals surface area contributed by atoms with Gasteiger partial charge in [-0.2, -0.15) is 0 Å². The molecule has 0 aliphatic carbocycles. The Kier molecular flexibility index (Phi) is 5.26. The largest absolute Gasteiger partial charge is 0.0616 e. The van der Waals surface area contributed by atoms with Crippen LogP contribution in [0, 0.1) is 6.92 Å². The van der Waals surface area contributed by atoms with Gasteiger partial charge in [0, 0.05) is 0 Å². The zero-order valence-corrected chi connectivity index (χ0v) is 11.2. The molecular formula is C18H23. The fourth-order valence-corrected chi connectivity index (χ4v) is 2.43. The minimum Gasteiger partial charge on any atom is -0.0616 e. The summed E-state index contributed by atoms with van der Waals surface area (Å²) in [5.74, 6) is 0. The zero-order chi connectivity index (χ0) is 12.6. The molecule has 0 nitrogen and oxygen atoms in total. The molecular weight excluding hydrogens is 216 g/mol. The van der Waals surface area contributed by atoms with Crippen molar-refractivity contribution in [3.8, 4) is 0 Å². The van der Waals surface area contributed by atoms with Crippen LogP contribution in [0.3, 0.4) is 0 Å². The lowest BCUT2D eigenvalue weighted by atomic mass is 10.0. The van der Waals surface area contributed by atoms with Crippen LogP contribution in [0.5, 0.6) is 0 Å². The average molecular weight is 239 g/mol. The van der Waals surface area contributed by atoms with E-state index >= 15 is 0 Å². The van der Waals surface area contributed by atoms with Crippen LogP contribution in [0.2, 0.25) is 0 Å². The fourth-order valence-electron chi connectivity index (χ4n) is 2.43. The van der Waals surface area contributed by atoms with Crippen molar-refractivity contribution in [2.75, 3.05) is 0 Å². The summed E-state index contributed by atoms with van der Waals surface area (Å²) in [6.07, 6.45) is 8.97. The Morgan fingerprint density at radius 1 is 0.722 bits per heavy atom. The van der Waals surface area contributed by atoms with E-state index in [0.29, 0.717) is 0 Å². The van der Waals surface area contributed by atoms with Crippen molar-refractivity contribution in [2.24, 2.45) is 0 Å². The number of rotatable bonds is 7. The second-order valence-electron chi connectivity index (χ2n) is 5.05. The van der Waals surface area contributed by atoms with E-state index in [9.17, 15) is 0 Å². The summed E-state index contributed by atoms with van der Waals surface area (Å²) in [5.41, 5.74) is 1.48. The predicted octanol–water partition coefficient (Wildman–Crippen LogP) is 5.56. The molecule has 18 heavy (non-hydrogen) atoms. The lowest BCUT2D eigenvalue weighted by Crippen LogP contribution is -1.86. The number of hydrogen-bond donors (Lipinski definition) is 0. The Morgan fingerprint density at radius 2 is 1.44 bits per heavy atom. The second-order valence-corrected chi connectivity index (χ2v) is 5.05. The van der Waals surface area contributed by atoms with E-state index in [1.807, 2.05) is 0 Å². The molecule has 0 heteroatoms. The van der Waals surface area contributed by atoms with Crippen molar-refractivity contribution < 1.29 is 0 Å². The van der Waals surface area contributed by atoms with Gasteiger partial charge >= 0.3 is 0 Å². The Morgan fingerprint density at radius 3 is 2.28 bits per heavy atom. The summed E-state index contributed by atoms with van der Waals surface area (Å²) in [7, 11) is 0. The number of aryl methyl sites for hydroxylation is 1. The third-order valence-corrected chi connectivity index (χ3v) is 3.53. The monoisotopic (exact) mass is 239 g/mol. The van der Waals surface area contributed by atoms with Gasteiger partial charge in [0.05, 0.1) is 0 Å². The lowest BCUT2D eigenvalue weighted by molar-refractivity contribution is 0.617. The van der Waals surface area contributed by atoms with E-state index in [4.69, 9.17) is 0 Å². The molecule has 0 bridgehead atoms. The summed E-state index contributed by atoms with van der Waals surface area (Å²) >= 11 is 0. The normalized spacial score (nSPS) is 10.9. The highest BCUT2D eigenvalue weighted by Crippen LogP contribution is 2.17. The van der Waals surface area contributed by atoms with Crippen LogP contribution < -0.4 is 0 Å². The van der Waals surface area contributed by atoms with Crippen LogP contribution in [0.4, 0.5) is 0 Å². The van der Waals surface area contributed by atoms with E-state index in [1.165, 1.54) is 54.9 Å². The van der Waals surface area contributed by atoms with Crippen LogP contribution in [0.15, 0.2) is 42.5 Å². The Bertz CT molecular complexity index is 470. The molecule has 2 rings (SSSR count). The van der Waals surface area contributed by atoms with Crippen LogP contribution >= 0.6 is 0 Å². The Hall–Kier alpha value is -1.30. The minimum absolute atomic E-state index is 1.09. The van der Waals surface area contributed by atoms with Gasteiger partial charge in [0.25, 0.3) is 0 Å². The Balaban J connectivity index is 1.81. The number of benzene rings is 2. The van der Waals surface area contributed by atoms with E-state index in [-0.39, 0.29) is 0 Å². The summed E-state index contributed by atoms with van der Waals surface area (Å²) in [4.78, 5) is 0.